The number of fused-ring (bicyclic) bond motifs is 1. The number of benzene rings is 2. The van der Waals surface area contributed by atoms with E-state index in [4.69, 9.17) is 0 Å². The third kappa shape index (κ3) is 2.76. The Kier molecular flexibility index (Phi) is 4.11. The fraction of sp³-hybridized carbons (Fsp3) is 0.333. The van der Waals surface area contributed by atoms with E-state index in [1.54, 1.807) is 0 Å². The predicted octanol–water partition coefficient (Wildman–Crippen LogP) is 4.50. The fourth-order valence-corrected chi connectivity index (χ4v) is 3.49. The van der Waals surface area contributed by atoms with Crippen LogP contribution in [0, 0.1) is 6.92 Å². The first-order chi connectivity index (χ1) is 9.78. The van der Waals surface area contributed by atoms with Gasteiger partial charge >= 0.3 is 0 Å². The Bertz CT molecular complexity index is 579. The average molecular weight is 330 g/mol. The van der Waals surface area contributed by atoms with Gasteiger partial charge in [0.2, 0.25) is 0 Å². The molecule has 0 unspecified atom stereocenters. The van der Waals surface area contributed by atoms with Crippen LogP contribution in [0.3, 0.4) is 0 Å². The van der Waals surface area contributed by atoms with Crippen LogP contribution >= 0.6 is 15.9 Å². The second-order valence-corrected chi connectivity index (χ2v) is 6.08. The molecule has 0 radical (unpaired) electrons. The second kappa shape index (κ2) is 6.01. The van der Waals surface area contributed by atoms with Gasteiger partial charge in [0.25, 0.3) is 0 Å². The molecule has 0 saturated heterocycles. The zero-order valence-electron chi connectivity index (χ0n) is 11.9. The molecule has 20 heavy (non-hydrogen) atoms. The lowest BCUT2D eigenvalue weighted by molar-refractivity contribution is 0.802. The summed E-state index contributed by atoms with van der Waals surface area (Å²) < 4.78 is 0. The molecule has 3 rings (SSSR count). The number of aryl methyl sites for hydroxylation is 1. The molecule has 0 N–H and O–H groups in total. The largest absolute Gasteiger partial charge is 0.371 e. The lowest BCUT2D eigenvalue weighted by atomic mass is 10.0. The summed E-state index contributed by atoms with van der Waals surface area (Å²) in [6.45, 7) is 4.38. The van der Waals surface area contributed by atoms with E-state index in [0.717, 1.165) is 31.3 Å². The molecule has 2 aromatic carbocycles. The van der Waals surface area contributed by atoms with Gasteiger partial charge in [-0.1, -0.05) is 57.9 Å². The van der Waals surface area contributed by atoms with Crippen LogP contribution in [0.2, 0.25) is 0 Å². The van der Waals surface area contributed by atoms with Gasteiger partial charge in [-0.25, -0.2) is 0 Å². The van der Waals surface area contributed by atoms with E-state index in [2.05, 4.69) is 70.2 Å². The molecule has 0 aliphatic carbocycles. The molecule has 2 heteroatoms. The Balaban J connectivity index is 1.87. The highest BCUT2D eigenvalue weighted by Gasteiger charge is 2.16. The van der Waals surface area contributed by atoms with Crippen LogP contribution in [0.1, 0.15) is 22.3 Å². The third-order valence-corrected chi connectivity index (χ3v) is 4.74. The first-order valence-electron chi connectivity index (χ1n) is 7.25. The van der Waals surface area contributed by atoms with E-state index in [0.29, 0.717) is 0 Å². The van der Waals surface area contributed by atoms with Crippen molar-refractivity contribution in [2.45, 2.75) is 25.1 Å². The van der Waals surface area contributed by atoms with Crippen molar-refractivity contribution in [3.8, 4) is 0 Å². The van der Waals surface area contributed by atoms with Crippen molar-refractivity contribution in [2.75, 3.05) is 18.0 Å². The minimum absolute atomic E-state index is 0.924. The zero-order chi connectivity index (χ0) is 13.9. The van der Waals surface area contributed by atoms with E-state index in [1.165, 1.54) is 27.9 Å². The molecule has 0 aromatic heterocycles. The fourth-order valence-electron chi connectivity index (χ4n) is 3.04. The van der Waals surface area contributed by atoms with Crippen molar-refractivity contribution in [1.82, 2.24) is 0 Å². The summed E-state index contributed by atoms with van der Waals surface area (Å²) in [4.78, 5) is 2.54. The normalized spacial score (nSPS) is 14.8. The van der Waals surface area contributed by atoms with E-state index in [9.17, 15) is 0 Å². The SMILES string of the molecule is Cc1ccc(N2CCc3ccccc3CC2)c(CBr)c1. The van der Waals surface area contributed by atoms with Crippen molar-refractivity contribution in [3.63, 3.8) is 0 Å². The highest BCUT2D eigenvalue weighted by molar-refractivity contribution is 9.08. The summed E-state index contributed by atoms with van der Waals surface area (Å²) in [6.07, 6.45) is 2.29. The maximum Gasteiger partial charge on any atom is 0.0407 e. The molecule has 0 saturated carbocycles. The number of nitrogens with zero attached hydrogens (tertiary/aromatic N) is 1. The van der Waals surface area contributed by atoms with Crippen LogP contribution in [0.15, 0.2) is 42.5 Å². The average Bonchev–Trinajstić information content (AvgIpc) is 2.70. The maximum atomic E-state index is 3.63. The molecule has 1 aliphatic heterocycles. The molecule has 1 heterocycles. The second-order valence-electron chi connectivity index (χ2n) is 5.52. The highest BCUT2D eigenvalue weighted by atomic mass is 79.9. The minimum atomic E-state index is 0.924. The van der Waals surface area contributed by atoms with Crippen LogP contribution in [0.4, 0.5) is 5.69 Å². The molecular formula is C18H20BrN. The van der Waals surface area contributed by atoms with E-state index < -0.39 is 0 Å². The number of hydrogen-bond donors (Lipinski definition) is 0. The Labute approximate surface area is 129 Å². The molecule has 104 valence electrons. The molecule has 0 fully saturated rings. The lowest BCUT2D eigenvalue weighted by Gasteiger charge is -2.25. The van der Waals surface area contributed by atoms with Gasteiger partial charge in [-0.15, -0.1) is 0 Å². The Morgan fingerprint density at radius 3 is 2.25 bits per heavy atom. The van der Waals surface area contributed by atoms with Crippen LogP contribution < -0.4 is 4.90 Å². The summed E-state index contributed by atoms with van der Waals surface area (Å²) >= 11 is 3.63. The maximum absolute atomic E-state index is 3.63. The van der Waals surface area contributed by atoms with Crippen LogP contribution in [0.25, 0.3) is 0 Å². The number of halogens is 1. The predicted molar refractivity (Wildman–Crippen MR) is 89.9 cm³/mol. The van der Waals surface area contributed by atoms with Gasteiger partial charge in [-0.05, 0) is 42.5 Å². The molecule has 1 aliphatic rings. The highest BCUT2D eigenvalue weighted by Crippen LogP contribution is 2.27. The summed E-state index contributed by atoms with van der Waals surface area (Å²) in [5.41, 5.74) is 7.16. The van der Waals surface area contributed by atoms with Crippen LogP contribution in [-0.2, 0) is 18.2 Å². The van der Waals surface area contributed by atoms with Gasteiger partial charge in [0.1, 0.15) is 0 Å². The molecule has 0 amide bonds. The molecule has 0 bridgehead atoms. The van der Waals surface area contributed by atoms with Gasteiger partial charge in [-0.2, -0.15) is 0 Å². The summed E-state index contributed by atoms with van der Waals surface area (Å²) in [7, 11) is 0. The van der Waals surface area contributed by atoms with Gasteiger partial charge in [0.15, 0.2) is 0 Å². The van der Waals surface area contributed by atoms with Crippen molar-refractivity contribution in [2.24, 2.45) is 0 Å². The lowest BCUT2D eigenvalue weighted by Crippen LogP contribution is -2.26. The topological polar surface area (TPSA) is 3.24 Å². The molecular weight excluding hydrogens is 310 g/mol. The van der Waals surface area contributed by atoms with Crippen LogP contribution in [-0.4, -0.2) is 13.1 Å². The summed E-state index contributed by atoms with van der Waals surface area (Å²) in [5, 5.41) is 0.924. The van der Waals surface area contributed by atoms with Crippen molar-refractivity contribution < 1.29 is 0 Å². The number of rotatable bonds is 2. The minimum Gasteiger partial charge on any atom is -0.371 e. The van der Waals surface area contributed by atoms with E-state index >= 15 is 0 Å². The molecule has 0 atom stereocenters. The first kappa shape index (κ1) is 13.7. The summed E-state index contributed by atoms with van der Waals surface area (Å²) in [6, 6.07) is 15.7. The van der Waals surface area contributed by atoms with Gasteiger partial charge < -0.3 is 4.90 Å². The Morgan fingerprint density at radius 2 is 1.65 bits per heavy atom. The number of anilines is 1. The summed E-state index contributed by atoms with van der Waals surface area (Å²) in [5.74, 6) is 0. The van der Waals surface area contributed by atoms with Crippen molar-refractivity contribution in [3.05, 3.63) is 64.7 Å². The smallest absolute Gasteiger partial charge is 0.0407 e. The number of alkyl halides is 1. The number of hydrogen-bond acceptors (Lipinski definition) is 1. The zero-order valence-corrected chi connectivity index (χ0v) is 13.5. The van der Waals surface area contributed by atoms with E-state index in [-0.39, 0.29) is 0 Å². The Hall–Kier alpha value is -1.28. The quantitative estimate of drug-likeness (QED) is 0.733. The van der Waals surface area contributed by atoms with Gasteiger partial charge in [-0.3, -0.25) is 0 Å². The molecule has 1 nitrogen and oxygen atoms in total. The Morgan fingerprint density at radius 1 is 1.00 bits per heavy atom. The third-order valence-electron chi connectivity index (χ3n) is 4.14. The first-order valence-corrected chi connectivity index (χ1v) is 8.37. The van der Waals surface area contributed by atoms with Gasteiger partial charge in [0, 0.05) is 24.1 Å². The van der Waals surface area contributed by atoms with Crippen LogP contribution in [0.5, 0.6) is 0 Å². The van der Waals surface area contributed by atoms with Gasteiger partial charge in [0.05, 0.1) is 0 Å². The standard InChI is InChI=1S/C18H20BrN/c1-14-6-7-18(17(12-14)13-19)20-10-8-15-4-2-3-5-16(15)9-11-20/h2-7,12H,8-11,13H2,1H3. The van der Waals surface area contributed by atoms with E-state index in [1.807, 2.05) is 0 Å². The van der Waals surface area contributed by atoms with Crippen molar-refractivity contribution >= 4 is 21.6 Å². The molecule has 0 spiro atoms. The van der Waals surface area contributed by atoms with Crippen molar-refractivity contribution in [1.29, 1.82) is 0 Å². The molecule has 2 aromatic rings. The monoisotopic (exact) mass is 329 g/mol.